The molecule has 2 rings (SSSR count). The average Bonchev–Trinajstić information content (AvgIpc) is 2.94. The van der Waals surface area contributed by atoms with Crippen molar-refractivity contribution in [2.24, 2.45) is 0 Å². The molecule has 1 aromatic heterocycles. The van der Waals surface area contributed by atoms with E-state index in [0.717, 1.165) is 22.7 Å². The zero-order valence-corrected chi connectivity index (χ0v) is 11.6. The molecule has 0 unspecified atom stereocenters. The lowest BCUT2D eigenvalue weighted by Crippen LogP contribution is -2.47. The first kappa shape index (κ1) is 13.5. The fourth-order valence-electron chi connectivity index (χ4n) is 2.06. The molecule has 0 atom stereocenters. The molecule has 1 heterocycles. The van der Waals surface area contributed by atoms with Gasteiger partial charge in [0.2, 0.25) is 0 Å². The standard InChI is InChI=1S/C15H20N2O2/c1-3-18-14-9-12(11-16)13(10-15(14)19-4-2)17-7-5-6-8-17/h5-10H,3-4,11,16H2,1-2H3/p+1. The first-order chi connectivity index (χ1) is 9.30. The zero-order valence-electron chi connectivity index (χ0n) is 11.6. The lowest BCUT2D eigenvalue weighted by atomic mass is 10.1. The lowest BCUT2D eigenvalue weighted by Gasteiger charge is -2.15. The topological polar surface area (TPSA) is 51.0 Å². The monoisotopic (exact) mass is 261 g/mol. The Labute approximate surface area is 113 Å². The maximum atomic E-state index is 5.67. The molecule has 19 heavy (non-hydrogen) atoms. The molecule has 0 amide bonds. The Kier molecular flexibility index (Phi) is 4.47. The second kappa shape index (κ2) is 6.29. The van der Waals surface area contributed by atoms with Gasteiger partial charge in [0.05, 0.1) is 18.9 Å². The number of ether oxygens (including phenoxy) is 2. The van der Waals surface area contributed by atoms with E-state index in [-0.39, 0.29) is 0 Å². The molecule has 0 bridgehead atoms. The van der Waals surface area contributed by atoms with Gasteiger partial charge in [-0.3, -0.25) is 0 Å². The maximum Gasteiger partial charge on any atom is 0.163 e. The summed E-state index contributed by atoms with van der Waals surface area (Å²) in [7, 11) is 0. The van der Waals surface area contributed by atoms with Crippen LogP contribution in [0.5, 0.6) is 11.5 Å². The van der Waals surface area contributed by atoms with Gasteiger partial charge >= 0.3 is 0 Å². The molecule has 0 aliphatic carbocycles. The Morgan fingerprint density at radius 3 is 2.11 bits per heavy atom. The Morgan fingerprint density at radius 2 is 1.58 bits per heavy atom. The molecule has 2 aromatic rings. The highest BCUT2D eigenvalue weighted by atomic mass is 16.5. The molecule has 3 N–H and O–H groups in total. The fraction of sp³-hybridized carbons (Fsp3) is 0.333. The highest BCUT2D eigenvalue weighted by molar-refractivity contribution is 5.54. The van der Waals surface area contributed by atoms with E-state index in [1.54, 1.807) is 0 Å². The van der Waals surface area contributed by atoms with Crippen LogP contribution in [0.2, 0.25) is 0 Å². The Bertz CT molecular complexity index is 521. The van der Waals surface area contributed by atoms with Crippen LogP contribution in [-0.2, 0) is 6.54 Å². The quantitative estimate of drug-likeness (QED) is 0.865. The van der Waals surface area contributed by atoms with E-state index < -0.39 is 0 Å². The summed E-state index contributed by atoms with van der Waals surface area (Å²) in [6.45, 7) is 5.90. The highest BCUT2D eigenvalue weighted by Crippen LogP contribution is 2.32. The number of benzene rings is 1. The molecule has 0 radical (unpaired) electrons. The molecule has 4 nitrogen and oxygen atoms in total. The van der Waals surface area contributed by atoms with Crippen LogP contribution in [0.4, 0.5) is 0 Å². The SMILES string of the molecule is CCOc1cc(C[NH3+])c(-n2cccc2)cc1OCC. The predicted octanol–water partition coefficient (Wildman–Crippen LogP) is 2.02. The molecule has 0 saturated heterocycles. The smallest absolute Gasteiger partial charge is 0.163 e. The summed E-state index contributed by atoms with van der Waals surface area (Å²) in [5.74, 6) is 1.57. The van der Waals surface area contributed by atoms with E-state index in [9.17, 15) is 0 Å². The van der Waals surface area contributed by atoms with Crippen molar-refractivity contribution in [3.63, 3.8) is 0 Å². The van der Waals surface area contributed by atoms with Gasteiger partial charge < -0.3 is 19.8 Å². The molecule has 1 aromatic carbocycles. The predicted molar refractivity (Wildman–Crippen MR) is 74.7 cm³/mol. The third-order valence-electron chi connectivity index (χ3n) is 2.90. The van der Waals surface area contributed by atoms with E-state index >= 15 is 0 Å². The van der Waals surface area contributed by atoms with Crippen molar-refractivity contribution < 1.29 is 15.2 Å². The van der Waals surface area contributed by atoms with Gasteiger partial charge in [-0.05, 0) is 32.0 Å². The van der Waals surface area contributed by atoms with Crippen molar-refractivity contribution in [1.82, 2.24) is 4.57 Å². The van der Waals surface area contributed by atoms with Gasteiger partial charge in [-0.25, -0.2) is 0 Å². The molecule has 0 spiro atoms. The van der Waals surface area contributed by atoms with Crippen LogP contribution in [0, 0.1) is 0 Å². The summed E-state index contributed by atoms with van der Waals surface area (Å²) in [5.41, 5.74) is 6.23. The molecular weight excluding hydrogens is 240 g/mol. The minimum atomic E-state index is 0.620. The molecular formula is C15H21N2O2+. The Hall–Kier alpha value is -1.94. The van der Waals surface area contributed by atoms with E-state index in [2.05, 4.69) is 10.3 Å². The second-order valence-electron chi connectivity index (χ2n) is 4.13. The summed E-state index contributed by atoms with van der Waals surface area (Å²) < 4.78 is 13.4. The van der Waals surface area contributed by atoms with Crippen molar-refractivity contribution >= 4 is 0 Å². The minimum absolute atomic E-state index is 0.620. The van der Waals surface area contributed by atoms with Crippen molar-refractivity contribution in [2.45, 2.75) is 20.4 Å². The molecule has 0 aliphatic heterocycles. The van der Waals surface area contributed by atoms with Crippen molar-refractivity contribution in [3.8, 4) is 17.2 Å². The Morgan fingerprint density at radius 1 is 1.00 bits per heavy atom. The third kappa shape index (κ3) is 2.90. The van der Waals surface area contributed by atoms with Crippen molar-refractivity contribution in [3.05, 3.63) is 42.2 Å². The first-order valence-electron chi connectivity index (χ1n) is 6.65. The zero-order chi connectivity index (χ0) is 13.7. The van der Waals surface area contributed by atoms with Crippen molar-refractivity contribution in [1.29, 1.82) is 0 Å². The number of nitrogens with zero attached hydrogens (tertiary/aromatic N) is 1. The first-order valence-corrected chi connectivity index (χ1v) is 6.65. The van der Waals surface area contributed by atoms with E-state index in [4.69, 9.17) is 9.47 Å². The fourth-order valence-corrected chi connectivity index (χ4v) is 2.06. The largest absolute Gasteiger partial charge is 0.490 e. The van der Waals surface area contributed by atoms with Crippen LogP contribution in [0.25, 0.3) is 5.69 Å². The van der Waals surface area contributed by atoms with Gasteiger partial charge in [-0.1, -0.05) is 0 Å². The van der Waals surface area contributed by atoms with E-state index in [1.807, 2.05) is 50.5 Å². The summed E-state index contributed by atoms with van der Waals surface area (Å²) in [6.07, 6.45) is 4.04. The van der Waals surface area contributed by atoms with Crippen LogP contribution in [0.1, 0.15) is 19.4 Å². The van der Waals surface area contributed by atoms with E-state index in [0.29, 0.717) is 19.8 Å². The highest BCUT2D eigenvalue weighted by Gasteiger charge is 2.13. The van der Waals surface area contributed by atoms with Crippen LogP contribution in [0.3, 0.4) is 0 Å². The summed E-state index contributed by atoms with van der Waals surface area (Å²) >= 11 is 0. The number of rotatable bonds is 6. The molecule has 4 heteroatoms. The van der Waals surface area contributed by atoms with Crippen LogP contribution in [0.15, 0.2) is 36.7 Å². The summed E-state index contributed by atoms with van der Waals surface area (Å²) in [5, 5.41) is 0. The van der Waals surface area contributed by atoms with Gasteiger partial charge in [0.1, 0.15) is 6.54 Å². The number of hydrogen-bond donors (Lipinski definition) is 1. The normalized spacial score (nSPS) is 10.5. The van der Waals surface area contributed by atoms with Gasteiger partial charge in [0.15, 0.2) is 11.5 Å². The van der Waals surface area contributed by atoms with Crippen LogP contribution < -0.4 is 15.2 Å². The Balaban J connectivity index is 2.50. The van der Waals surface area contributed by atoms with Gasteiger partial charge in [0.25, 0.3) is 0 Å². The van der Waals surface area contributed by atoms with Crippen molar-refractivity contribution in [2.75, 3.05) is 13.2 Å². The molecule has 0 aliphatic rings. The van der Waals surface area contributed by atoms with E-state index in [1.165, 1.54) is 0 Å². The molecule has 102 valence electrons. The average molecular weight is 261 g/mol. The second-order valence-corrected chi connectivity index (χ2v) is 4.13. The van der Waals surface area contributed by atoms with Gasteiger partial charge in [0, 0.05) is 24.0 Å². The van der Waals surface area contributed by atoms with Crippen LogP contribution >= 0.6 is 0 Å². The van der Waals surface area contributed by atoms with Crippen LogP contribution in [-0.4, -0.2) is 17.8 Å². The third-order valence-corrected chi connectivity index (χ3v) is 2.90. The molecule has 0 saturated carbocycles. The number of aromatic nitrogens is 1. The van der Waals surface area contributed by atoms with Gasteiger partial charge in [-0.2, -0.15) is 0 Å². The van der Waals surface area contributed by atoms with Gasteiger partial charge in [-0.15, -0.1) is 0 Å². The molecule has 0 fully saturated rings. The number of quaternary nitrogens is 1. The lowest BCUT2D eigenvalue weighted by molar-refractivity contribution is -0.386. The summed E-state index contributed by atoms with van der Waals surface area (Å²) in [4.78, 5) is 0. The number of hydrogen-bond acceptors (Lipinski definition) is 2. The summed E-state index contributed by atoms with van der Waals surface area (Å²) in [6, 6.07) is 8.05. The minimum Gasteiger partial charge on any atom is -0.490 e. The maximum absolute atomic E-state index is 5.67.